The lowest BCUT2D eigenvalue weighted by atomic mass is 10.1. The number of hydrogen-bond acceptors (Lipinski definition) is 3. The largest absolute Gasteiger partial charge is 0.478 e. The summed E-state index contributed by atoms with van der Waals surface area (Å²) in [5.74, 6) is 0.666. The standard InChI is InChI=1S/C13H21N3O2/c1-9-3-4-10(5-9)6-14-8-12-11(13(17)18)7-15-16(12)2/h7,9-10,14H,3-6,8H2,1-2H3,(H,17,18). The highest BCUT2D eigenvalue weighted by atomic mass is 16.4. The van der Waals surface area contributed by atoms with Gasteiger partial charge in [0.1, 0.15) is 5.56 Å². The zero-order chi connectivity index (χ0) is 13.1. The number of aromatic carboxylic acids is 1. The molecule has 0 amide bonds. The third kappa shape index (κ3) is 2.90. The Kier molecular flexibility index (Phi) is 4.01. The number of carboxylic acid groups (broad SMARTS) is 1. The molecule has 0 spiro atoms. The van der Waals surface area contributed by atoms with Gasteiger partial charge in [-0.3, -0.25) is 4.68 Å². The molecule has 1 saturated carbocycles. The van der Waals surface area contributed by atoms with Crippen molar-refractivity contribution in [1.29, 1.82) is 0 Å². The van der Waals surface area contributed by atoms with E-state index >= 15 is 0 Å². The average Bonchev–Trinajstić information content (AvgIpc) is 2.87. The Bertz CT molecular complexity index is 428. The molecular weight excluding hydrogens is 230 g/mol. The quantitative estimate of drug-likeness (QED) is 0.835. The average molecular weight is 251 g/mol. The first kappa shape index (κ1) is 13.1. The Hall–Kier alpha value is -1.36. The Morgan fingerprint density at radius 2 is 2.39 bits per heavy atom. The van der Waals surface area contributed by atoms with Gasteiger partial charge in [-0.05, 0) is 31.2 Å². The maximum Gasteiger partial charge on any atom is 0.339 e. The van der Waals surface area contributed by atoms with E-state index in [2.05, 4.69) is 17.3 Å². The van der Waals surface area contributed by atoms with Crippen molar-refractivity contribution in [3.8, 4) is 0 Å². The van der Waals surface area contributed by atoms with E-state index in [9.17, 15) is 4.79 Å². The fourth-order valence-electron chi connectivity index (χ4n) is 2.76. The molecule has 1 aromatic heterocycles. The third-order valence-corrected chi connectivity index (χ3v) is 3.82. The number of rotatable bonds is 5. The summed E-state index contributed by atoms with van der Waals surface area (Å²) in [6.45, 7) is 3.83. The van der Waals surface area contributed by atoms with Gasteiger partial charge in [-0.2, -0.15) is 5.10 Å². The van der Waals surface area contributed by atoms with Crippen LogP contribution in [-0.4, -0.2) is 27.4 Å². The first-order chi connectivity index (χ1) is 8.58. The van der Waals surface area contributed by atoms with Crippen LogP contribution in [0.25, 0.3) is 0 Å². The van der Waals surface area contributed by atoms with Crippen molar-refractivity contribution in [3.63, 3.8) is 0 Å². The zero-order valence-corrected chi connectivity index (χ0v) is 11.0. The van der Waals surface area contributed by atoms with Gasteiger partial charge < -0.3 is 10.4 Å². The van der Waals surface area contributed by atoms with E-state index in [1.54, 1.807) is 11.7 Å². The molecule has 0 aromatic carbocycles. The number of nitrogens with zero attached hydrogens (tertiary/aromatic N) is 2. The smallest absolute Gasteiger partial charge is 0.339 e. The number of aryl methyl sites for hydroxylation is 1. The van der Waals surface area contributed by atoms with Crippen molar-refractivity contribution < 1.29 is 9.90 Å². The van der Waals surface area contributed by atoms with Crippen molar-refractivity contribution in [2.45, 2.75) is 32.7 Å². The van der Waals surface area contributed by atoms with Crippen LogP contribution in [0.3, 0.4) is 0 Å². The van der Waals surface area contributed by atoms with Crippen LogP contribution in [0.15, 0.2) is 6.20 Å². The van der Waals surface area contributed by atoms with Crippen LogP contribution in [0.4, 0.5) is 0 Å². The summed E-state index contributed by atoms with van der Waals surface area (Å²) >= 11 is 0. The minimum atomic E-state index is -0.908. The van der Waals surface area contributed by atoms with Crippen molar-refractivity contribution in [2.75, 3.05) is 6.54 Å². The maximum absolute atomic E-state index is 11.0. The molecule has 0 saturated heterocycles. The van der Waals surface area contributed by atoms with E-state index < -0.39 is 5.97 Å². The number of nitrogens with one attached hydrogen (secondary N) is 1. The summed E-state index contributed by atoms with van der Waals surface area (Å²) in [6, 6.07) is 0. The van der Waals surface area contributed by atoms with Crippen LogP contribution in [0.5, 0.6) is 0 Å². The van der Waals surface area contributed by atoms with Crippen LogP contribution in [0, 0.1) is 11.8 Å². The number of carboxylic acids is 1. The maximum atomic E-state index is 11.0. The molecule has 5 nitrogen and oxygen atoms in total. The predicted octanol–water partition coefficient (Wildman–Crippen LogP) is 1.64. The van der Waals surface area contributed by atoms with E-state index in [0.29, 0.717) is 12.1 Å². The minimum absolute atomic E-state index is 0.296. The highest BCUT2D eigenvalue weighted by molar-refractivity contribution is 5.88. The molecule has 2 unspecified atom stereocenters. The van der Waals surface area contributed by atoms with Crippen molar-refractivity contribution in [2.24, 2.45) is 18.9 Å². The third-order valence-electron chi connectivity index (χ3n) is 3.82. The lowest BCUT2D eigenvalue weighted by molar-refractivity contribution is 0.0695. The molecule has 2 N–H and O–H groups in total. The SMILES string of the molecule is CC1CCC(CNCc2c(C(=O)O)cnn2C)C1. The molecule has 0 radical (unpaired) electrons. The Balaban J connectivity index is 1.86. The molecule has 100 valence electrons. The molecule has 1 aliphatic rings. The van der Waals surface area contributed by atoms with Crippen LogP contribution >= 0.6 is 0 Å². The van der Waals surface area contributed by atoms with Gasteiger partial charge in [0.05, 0.1) is 11.9 Å². The molecular formula is C13H21N3O2. The molecule has 18 heavy (non-hydrogen) atoms. The van der Waals surface area contributed by atoms with Crippen molar-refractivity contribution >= 4 is 5.97 Å². The van der Waals surface area contributed by atoms with Gasteiger partial charge in [0, 0.05) is 13.6 Å². The number of aromatic nitrogens is 2. The Morgan fingerprint density at radius 1 is 1.61 bits per heavy atom. The van der Waals surface area contributed by atoms with E-state index in [1.807, 2.05) is 0 Å². The van der Waals surface area contributed by atoms with E-state index in [0.717, 1.165) is 24.1 Å². The second kappa shape index (κ2) is 5.52. The van der Waals surface area contributed by atoms with Crippen LogP contribution in [0.1, 0.15) is 42.2 Å². The van der Waals surface area contributed by atoms with Gasteiger partial charge >= 0.3 is 5.97 Å². The second-order valence-electron chi connectivity index (χ2n) is 5.35. The van der Waals surface area contributed by atoms with Gasteiger partial charge in [0.2, 0.25) is 0 Å². The van der Waals surface area contributed by atoms with Gasteiger partial charge in [-0.1, -0.05) is 13.3 Å². The summed E-state index contributed by atoms with van der Waals surface area (Å²) < 4.78 is 1.63. The minimum Gasteiger partial charge on any atom is -0.478 e. The first-order valence-corrected chi connectivity index (χ1v) is 6.52. The molecule has 1 heterocycles. The van der Waals surface area contributed by atoms with Crippen LogP contribution in [-0.2, 0) is 13.6 Å². The van der Waals surface area contributed by atoms with Gasteiger partial charge in [0.15, 0.2) is 0 Å². The second-order valence-corrected chi connectivity index (χ2v) is 5.35. The van der Waals surface area contributed by atoms with E-state index in [1.165, 1.54) is 25.5 Å². The summed E-state index contributed by atoms with van der Waals surface area (Å²) in [5.41, 5.74) is 1.04. The summed E-state index contributed by atoms with van der Waals surface area (Å²) in [5, 5.41) is 16.4. The highest BCUT2D eigenvalue weighted by Gasteiger charge is 2.21. The molecule has 2 atom stereocenters. The van der Waals surface area contributed by atoms with E-state index in [-0.39, 0.29) is 0 Å². The Morgan fingerprint density at radius 3 is 3.00 bits per heavy atom. The fourth-order valence-corrected chi connectivity index (χ4v) is 2.76. The van der Waals surface area contributed by atoms with Gasteiger partial charge in [-0.15, -0.1) is 0 Å². The van der Waals surface area contributed by atoms with Gasteiger partial charge in [-0.25, -0.2) is 4.79 Å². The molecule has 2 rings (SSSR count). The lowest BCUT2D eigenvalue weighted by Gasteiger charge is -2.11. The molecule has 5 heteroatoms. The van der Waals surface area contributed by atoms with Crippen molar-refractivity contribution in [1.82, 2.24) is 15.1 Å². The summed E-state index contributed by atoms with van der Waals surface area (Å²) in [7, 11) is 1.78. The topological polar surface area (TPSA) is 67.2 Å². The van der Waals surface area contributed by atoms with Crippen LogP contribution in [0.2, 0.25) is 0 Å². The lowest BCUT2D eigenvalue weighted by Crippen LogP contribution is -2.23. The molecule has 0 bridgehead atoms. The summed E-state index contributed by atoms with van der Waals surface area (Å²) in [4.78, 5) is 11.0. The molecule has 1 fully saturated rings. The fraction of sp³-hybridized carbons (Fsp3) is 0.692. The molecule has 0 aliphatic heterocycles. The predicted molar refractivity (Wildman–Crippen MR) is 68.4 cm³/mol. The number of carbonyl (C=O) groups is 1. The Labute approximate surface area is 107 Å². The molecule has 1 aromatic rings. The number of hydrogen-bond donors (Lipinski definition) is 2. The molecule has 1 aliphatic carbocycles. The van der Waals surface area contributed by atoms with Crippen molar-refractivity contribution in [3.05, 3.63) is 17.5 Å². The summed E-state index contributed by atoms with van der Waals surface area (Å²) in [6.07, 6.45) is 5.30. The van der Waals surface area contributed by atoms with E-state index in [4.69, 9.17) is 5.11 Å². The normalized spacial score (nSPS) is 23.4. The van der Waals surface area contributed by atoms with Crippen LogP contribution < -0.4 is 5.32 Å². The zero-order valence-electron chi connectivity index (χ0n) is 11.0. The first-order valence-electron chi connectivity index (χ1n) is 6.52. The highest BCUT2D eigenvalue weighted by Crippen LogP contribution is 2.29. The monoisotopic (exact) mass is 251 g/mol. The van der Waals surface area contributed by atoms with Gasteiger partial charge in [0.25, 0.3) is 0 Å².